The first-order chi connectivity index (χ1) is 13.1. The van der Waals surface area contributed by atoms with Crippen molar-refractivity contribution in [1.82, 2.24) is 14.8 Å². The van der Waals surface area contributed by atoms with E-state index in [0.717, 1.165) is 45.3 Å². The van der Waals surface area contributed by atoms with Crippen LogP contribution in [0.25, 0.3) is 0 Å². The third-order valence-electron chi connectivity index (χ3n) is 5.89. The van der Waals surface area contributed by atoms with E-state index in [1.807, 2.05) is 4.90 Å². The van der Waals surface area contributed by atoms with Gasteiger partial charge < -0.3 is 9.88 Å². The van der Waals surface area contributed by atoms with E-state index in [9.17, 15) is 9.59 Å². The first-order valence-corrected chi connectivity index (χ1v) is 9.94. The van der Waals surface area contributed by atoms with Crippen LogP contribution in [0, 0.1) is 6.92 Å². The molecule has 5 nitrogen and oxygen atoms in total. The van der Waals surface area contributed by atoms with Crippen molar-refractivity contribution in [3.05, 3.63) is 58.9 Å². The number of hydrogen-bond donors (Lipinski definition) is 1. The maximum absolute atomic E-state index is 12.8. The largest absolute Gasteiger partial charge is 0.356 e. The highest BCUT2D eigenvalue weighted by atomic mass is 16.2. The van der Waals surface area contributed by atoms with Gasteiger partial charge in [0.1, 0.15) is 5.69 Å². The molecular weight excluding hydrogens is 338 g/mol. The predicted octanol–water partition coefficient (Wildman–Crippen LogP) is 3.58. The summed E-state index contributed by atoms with van der Waals surface area (Å²) < 4.78 is 0. The van der Waals surface area contributed by atoms with Crippen LogP contribution in [0.15, 0.2) is 36.5 Å². The van der Waals surface area contributed by atoms with Crippen molar-refractivity contribution in [2.24, 2.45) is 0 Å². The van der Waals surface area contributed by atoms with E-state index in [-0.39, 0.29) is 11.7 Å². The Hall–Kier alpha value is -2.40. The fraction of sp³-hybridized carbons (Fsp3) is 0.455. The maximum Gasteiger partial charge on any atom is 0.270 e. The molecule has 2 fully saturated rings. The topological polar surface area (TPSA) is 56.4 Å². The molecule has 4 rings (SSSR count). The lowest BCUT2D eigenvalue weighted by Crippen LogP contribution is -2.30. The molecule has 1 aromatic heterocycles. The standard InChI is InChI=1S/C22H27N3O2/c1-16-7-2-3-8-18(16)20-9-6-12-25(20)15-21(26)17-13-19(23-14-17)22(27)24-10-4-5-11-24/h2-3,7-8,13-14,20,23H,4-6,9-12,15H2,1H3. The van der Waals surface area contributed by atoms with Gasteiger partial charge in [0.15, 0.2) is 5.78 Å². The van der Waals surface area contributed by atoms with Gasteiger partial charge >= 0.3 is 0 Å². The molecule has 1 unspecified atom stereocenters. The summed E-state index contributed by atoms with van der Waals surface area (Å²) in [5.74, 6) is 0.0812. The molecule has 0 spiro atoms. The third-order valence-corrected chi connectivity index (χ3v) is 5.89. The van der Waals surface area contributed by atoms with Gasteiger partial charge in [-0.05, 0) is 56.3 Å². The van der Waals surface area contributed by atoms with Crippen molar-refractivity contribution in [3.63, 3.8) is 0 Å². The van der Waals surface area contributed by atoms with Crippen molar-refractivity contribution in [1.29, 1.82) is 0 Å². The lowest BCUT2D eigenvalue weighted by molar-refractivity contribution is 0.0787. The van der Waals surface area contributed by atoms with E-state index in [2.05, 4.69) is 41.1 Å². The molecule has 1 aromatic carbocycles. The predicted molar refractivity (Wildman–Crippen MR) is 105 cm³/mol. The minimum absolute atomic E-state index is 0.00510. The van der Waals surface area contributed by atoms with Gasteiger partial charge in [0, 0.05) is 30.9 Å². The van der Waals surface area contributed by atoms with Gasteiger partial charge in [-0.2, -0.15) is 0 Å². The number of amides is 1. The number of carbonyl (C=O) groups excluding carboxylic acids is 2. The highest BCUT2D eigenvalue weighted by molar-refractivity contribution is 6.01. The summed E-state index contributed by atoms with van der Waals surface area (Å²) in [4.78, 5) is 32.5. The second-order valence-electron chi connectivity index (χ2n) is 7.71. The Bertz CT molecular complexity index is 836. The number of nitrogens with zero attached hydrogens (tertiary/aromatic N) is 2. The Morgan fingerprint density at radius 3 is 2.67 bits per heavy atom. The van der Waals surface area contributed by atoms with Gasteiger partial charge in [0.25, 0.3) is 5.91 Å². The molecule has 0 bridgehead atoms. The number of likely N-dealkylation sites (tertiary alicyclic amines) is 2. The third kappa shape index (κ3) is 3.69. The van der Waals surface area contributed by atoms with Crippen molar-refractivity contribution >= 4 is 11.7 Å². The number of ketones is 1. The lowest BCUT2D eigenvalue weighted by atomic mass is 9.99. The summed E-state index contributed by atoms with van der Waals surface area (Å²) in [6.07, 6.45) is 6.01. The van der Waals surface area contributed by atoms with Crippen molar-refractivity contribution in [3.8, 4) is 0 Å². The summed E-state index contributed by atoms with van der Waals surface area (Å²) >= 11 is 0. The summed E-state index contributed by atoms with van der Waals surface area (Å²) in [7, 11) is 0. The number of aromatic nitrogens is 1. The number of rotatable bonds is 5. The maximum atomic E-state index is 12.8. The minimum atomic E-state index is 0.00510. The molecule has 0 aliphatic carbocycles. The molecule has 1 amide bonds. The zero-order chi connectivity index (χ0) is 18.8. The van der Waals surface area contributed by atoms with E-state index in [1.165, 1.54) is 11.1 Å². The van der Waals surface area contributed by atoms with E-state index >= 15 is 0 Å². The van der Waals surface area contributed by atoms with Crippen LogP contribution < -0.4 is 0 Å². The Labute approximate surface area is 160 Å². The van der Waals surface area contributed by atoms with Crippen molar-refractivity contribution < 1.29 is 9.59 Å². The molecule has 0 radical (unpaired) electrons. The monoisotopic (exact) mass is 365 g/mol. The molecule has 2 saturated heterocycles. The Morgan fingerprint density at radius 2 is 1.89 bits per heavy atom. The number of benzene rings is 1. The molecule has 5 heteroatoms. The van der Waals surface area contributed by atoms with Crippen LogP contribution in [0.3, 0.4) is 0 Å². The SMILES string of the molecule is Cc1ccccc1C1CCCN1CC(=O)c1c[nH]c(C(=O)N2CCCC2)c1. The van der Waals surface area contributed by atoms with Gasteiger partial charge in [0.05, 0.1) is 6.54 Å². The van der Waals surface area contributed by atoms with Crippen LogP contribution in [0.2, 0.25) is 0 Å². The Balaban J connectivity index is 1.44. The van der Waals surface area contributed by atoms with Gasteiger partial charge in [0.2, 0.25) is 0 Å². The molecule has 27 heavy (non-hydrogen) atoms. The van der Waals surface area contributed by atoms with E-state index < -0.39 is 0 Å². The highest BCUT2D eigenvalue weighted by Gasteiger charge is 2.29. The number of hydrogen-bond acceptors (Lipinski definition) is 3. The smallest absolute Gasteiger partial charge is 0.270 e. The number of Topliss-reactive ketones (excluding diaryl/α,β-unsaturated/α-hetero) is 1. The van der Waals surface area contributed by atoms with Gasteiger partial charge in [-0.3, -0.25) is 14.5 Å². The number of aromatic amines is 1. The average Bonchev–Trinajstić information content (AvgIpc) is 3.43. The van der Waals surface area contributed by atoms with Crippen LogP contribution in [0.1, 0.15) is 63.7 Å². The Kier molecular flexibility index (Phi) is 5.12. The van der Waals surface area contributed by atoms with Crippen LogP contribution in [-0.4, -0.2) is 52.7 Å². The number of H-pyrrole nitrogens is 1. The van der Waals surface area contributed by atoms with Crippen molar-refractivity contribution in [2.75, 3.05) is 26.2 Å². The minimum Gasteiger partial charge on any atom is -0.356 e. The van der Waals surface area contributed by atoms with Crippen molar-refractivity contribution in [2.45, 2.75) is 38.6 Å². The summed E-state index contributed by atoms with van der Waals surface area (Å²) in [6, 6.07) is 10.5. The fourth-order valence-corrected chi connectivity index (χ4v) is 4.37. The zero-order valence-electron chi connectivity index (χ0n) is 15.9. The second-order valence-corrected chi connectivity index (χ2v) is 7.71. The second kappa shape index (κ2) is 7.69. The normalized spacial score (nSPS) is 20.3. The highest BCUT2D eigenvalue weighted by Crippen LogP contribution is 2.33. The van der Waals surface area contributed by atoms with Crippen LogP contribution >= 0.6 is 0 Å². The summed E-state index contributed by atoms with van der Waals surface area (Å²) in [5, 5.41) is 0. The zero-order valence-corrected chi connectivity index (χ0v) is 15.9. The molecule has 2 aliphatic heterocycles. The first kappa shape index (κ1) is 18.0. The molecule has 142 valence electrons. The first-order valence-electron chi connectivity index (χ1n) is 9.94. The summed E-state index contributed by atoms with van der Waals surface area (Å²) in [5.41, 5.74) is 3.73. The molecule has 3 heterocycles. The lowest BCUT2D eigenvalue weighted by Gasteiger charge is -2.25. The quantitative estimate of drug-likeness (QED) is 0.824. The number of aryl methyl sites for hydroxylation is 1. The van der Waals surface area contributed by atoms with E-state index in [1.54, 1.807) is 12.3 Å². The van der Waals surface area contributed by atoms with Gasteiger partial charge in [-0.1, -0.05) is 24.3 Å². The molecule has 1 N–H and O–H groups in total. The van der Waals surface area contributed by atoms with E-state index in [0.29, 0.717) is 23.8 Å². The van der Waals surface area contributed by atoms with Crippen LogP contribution in [0.4, 0.5) is 0 Å². The summed E-state index contributed by atoms with van der Waals surface area (Å²) in [6.45, 7) is 5.10. The molecule has 2 aliphatic rings. The molecule has 2 aromatic rings. The van der Waals surface area contributed by atoms with Crippen LogP contribution in [-0.2, 0) is 0 Å². The van der Waals surface area contributed by atoms with E-state index in [4.69, 9.17) is 0 Å². The fourth-order valence-electron chi connectivity index (χ4n) is 4.37. The average molecular weight is 365 g/mol. The number of carbonyl (C=O) groups is 2. The van der Waals surface area contributed by atoms with Gasteiger partial charge in [-0.25, -0.2) is 0 Å². The van der Waals surface area contributed by atoms with Gasteiger partial charge in [-0.15, -0.1) is 0 Å². The molecule has 0 saturated carbocycles. The molecular formula is C22H27N3O2. The number of nitrogens with one attached hydrogen (secondary N) is 1. The molecule has 1 atom stereocenters. The van der Waals surface area contributed by atoms with Crippen LogP contribution in [0.5, 0.6) is 0 Å². The Morgan fingerprint density at radius 1 is 1.11 bits per heavy atom.